The van der Waals surface area contributed by atoms with Crippen molar-refractivity contribution in [1.82, 2.24) is 4.98 Å². The highest BCUT2D eigenvalue weighted by atomic mass is 19.1. The maximum absolute atomic E-state index is 13.1. The fourth-order valence-corrected chi connectivity index (χ4v) is 2.78. The molecule has 0 radical (unpaired) electrons. The molecule has 1 amide bonds. The van der Waals surface area contributed by atoms with E-state index < -0.39 is 11.4 Å². The van der Waals surface area contributed by atoms with Gasteiger partial charge in [0.15, 0.2) is 11.5 Å². The number of rotatable bonds is 7. The average Bonchev–Trinajstić information content (AvgIpc) is 3.26. The Hall–Kier alpha value is -3.88. The fraction of sp³-hybridized carbons (Fsp3) is 0.292. The number of amides is 1. The van der Waals surface area contributed by atoms with Crippen LogP contribution in [0.15, 0.2) is 47.1 Å². The van der Waals surface area contributed by atoms with Crippen molar-refractivity contribution in [3.05, 3.63) is 59.7 Å². The van der Waals surface area contributed by atoms with Crippen LogP contribution in [0.3, 0.4) is 0 Å². The molecule has 0 aliphatic heterocycles. The largest absolute Gasteiger partial charge is 0.493 e. The van der Waals surface area contributed by atoms with Crippen LogP contribution in [0.1, 0.15) is 36.8 Å². The molecule has 8 nitrogen and oxygen atoms in total. The van der Waals surface area contributed by atoms with Crippen molar-refractivity contribution in [2.45, 2.75) is 27.4 Å². The lowest BCUT2D eigenvalue weighted by Gasteiger charge is -2.20. The van der Waals surface area contributed by atoms with Crippen molar-refractivity contribution in [1.29, 1.82) is 0 Å². The summed E-state index contributed by atoms with van der Waals surface area (Å²) in [5.41, 5.74) is 0.577. The van der Waals surface area contributed by atoms with Crippen LogP contribution in [0.25, 0.3) is 11.5 Å². The van der Waals surface area contributed by atoms with Gasteiger partial charge in [-0.15, -0.1) is 0 Å². The Morgan fingerprint density at radius 1 is 1.06 bits per heavy atom. The third-order valence-electron chi connectivity index (χ3n) is 4.67. The number of hydrogen-bond acceptors (Lipinski definition) is 7. The lowest BCUT2D eigenvalue weighted by molar-refractivity contribution is -0.123. The van der Waals surface area contributed by atoms with Crippen LogP contribution in [0.5, 0.6) is 11.5 Å². The molecule has 0 unspecified atom stereocenters. The number of aromatic nitrogens is 1. The monoisotopic (exact) mass is 456 g/mol. The molecule has 0 saturated heterocycles. The second kappa shape index (κ2) is 9.72. The molecule has 174 valence electrons. The molecule has 3 rings (SSSR count). The summed E-state index contributed by atoms with van der Waals surface area (Å²) in [6, 6.07) is 8.59. The van der Waals surface area contributed by atoms with Gasteiger partial charge in [0, 0.05) is 23.1 Å². The second-order valence-corrected chi connectivity index (χ2v) is 8.18. The first-order chi connectivity index (χ1) is 15.6. The van der Waals surface area contributed by atoms with Crippen molar-refractivity contribution in [3.8, 4) is 23.0 Å². The number of carbonyl (C=O) groups excluding carboxylic acids is 2. The zero-order valence-electron chi connectivity index (χ0n) is 19.0. The molecule has 0 aliphatic rings. The van der Waals surface area contributed by atoms with Gasteiger partial charge in [-0.1, -0.05) is 20.8 Å². The molecule has 0 saturated carbocycles. The predicted octanol–water partition coefficient (Wildman–Crippen LogP) is 4.84. The SMILES string of the molecule is COc1cc(NC(=O)C(C)(C)C)c(C(=O)OCc2coc(-c3ccc(F)cc3)n2)cc1OC. The Morgan fingerprint density at radius 2 is 1.70 bits per heavy atom. The summed E-state index contributed by atoms with van der Waals surface area (Å²) in [6.07, 6.45) is 1.35. The van der Waals surface area contributed by atoms with Crippen LogP contribution in [0.2, 0.25) is 0 Å². The number of nitrogens with one attached hydrogen (secondary N) is 1. The maximum Gasteiger partial charge on any atom is 0.340 e. The van der Waals surface area contributed by atoms with Gasteiger partial charge in [0.25, 0.3) is 0 Å². The topological polar surface area (TPSA) is 99.9 Å². The van der Waals surface area contributed by atoms with E-state index in [0.29, 0.717) is 22.8 Å². The maximum atomic E-state index is 13.1. The molecular weight excluding hydrogens is 431 g/mol. The number of oxazole rings is 1. The molecule has 1 heterocycles. The van der Waals surface area contributed by atoms with Crippen molar-refractivity contribution in [3.63, 3.8) is 0 Å². The highest BCUT2D eigenvalue weighted by molar-refractivity contribution is 6.03. The van der Waals surface area contributed by atoms with Crippen LogP contribution in [0.4, 0.5) is 10.1 Å². The van der Waals surface area contributed by atoms with Crippen LogP contribution >= 0.6 is 0 Å². The van der Waals surface area contributed by atoms with Crippen molar-refractivity contribution in [2.75, 3.05) is 19.5 Å². The lowest BCUT2D eigenvalue weighted by Crippen LogP contribution is -2.28. The van der Waals surface area contributed by atoms with Gasteiger partial charge in [0.2, 0.25) is 11.8 Å². The van der Waals surface area contributed by atoms with E-state index in [2.05, 4.69) is 10.3 Å². The minimum atomic E-state index is -0.702. The van der Waals surface area contributed by atoms with Gasteiger partial charge in [0.1, 0.15) is 24.4 Å². The summed E-state index contributed by atoms with van der Waals surface area (Å²) in [6.45, 7) is 5.09. The van der Waals surface area contributed by atoms with E-state index >= 15 is 0 Å². The summed E-state index contributed by atoms with van der Waals surface area (Å²) in [4.78, 5) is 29.7. The smallest absolute Gasteiger partial charge is 0.340 e. The van der Waals surface area contributed by atoms with E-state index in [1.165, 1.54) is 56.9 Å². The van der Waals surface area contributed by atoms with Gasteiger partial charge >= 0.3 is 5.97 Å². The van der Waals surface area contributed by atoms with Crippen molar-refractivity contribution >= 4 is 17.6 Å². The molecule has 1 aromatic heterocycles. The third kappa shape index (κ3) is 5.68. The number of anilines is 1. The van der Waals surface area contributed by atoms with Crippen LogP contribution in [-0.2, 0) is 16.1 Å². The minimum absolute atomic E-state index is 0.0903. The molecule has 3 aromatic rings. The first kappa shape index (κ1) is 23.8. The first-order valence-corrected chi connectivity index (χ1v) is 10.1. The van der Waals surface area contributed by atoms with Crippen LogP contribution in [0, 0.1) is 11.2 Å². The molecule has 1 N–H and O–H groups in total. The van der Waals surface area contributed by atoms with E-state index in [0.717, 1.165) is 0 Å². The number of benzene rings is 2. The number of methoxy groups -OCH3 is 2. The third-order valence-corrected chi connectivity index (χ3v) is 4.67. The Morgan fingerprint density at radius 3 is 2.30 bits per heavy atom. The van der Waals surface area contributed by atoms with E-state index in [1.807, 2.05) is 0 Å². The molecule has 0 aliphatic carbocycles. The quantitative estimate of drug-likeness (QED) is 0.508. The Balaban J connectivity index is 1.81. The normalized spacial score (nSPS) is 11.1. The number of halogens is 1. The Kier molecular flexibility index (Phi) is 7.01. The minimum Gasteiger partial charge on any atom is -0.493 e. The molecule has 0 spiro atoms. The first-order valence-electron chi connectivity index (χ1n) is 10.1. The Labute approximate surface area is 190 Å². The number of carbonyl (C=O) groups is 2. The zero-order chi connectivity index (χ0) is 24.2. The highest BCUT2D eigenvalue weighted by Crippen LogP contribution is 2.34. The number of esters is 1. The molecule has 2 aromatic carbocycles. The molecule has 0 fully saturated rings. The van der Waals surface area contributed by atoms with Gasteiger partial charge in [-0.25, -0.2) is 14.2 Å². The van der Waals surface area contributed by atoms with E-state index in [9.17, 15) is 14.0 Å². The van der Waals surface area contributed by atoms with Crippen molar-refractivity contribution < 1.29 is 32.6 Å². The van der Waals surface area contributed by atoms with Gasteiger partial charge < -0.3 is 23.9 Å². The number of hydrogen-bond donors (Lipinski definition) is 1. The highest BCUT2D eigenvalue weighted by Gasteiger charge is 2.25. The lowest BCUT2D eigenvalue weighted by atomic mass is 9.95. The van der Waals surface area contributed by atoms with E-state index in [-0.39, 0.29) is 35.5 Å². The standard InChI is InChI=1S/C24H25FN2O6/c1-24(2,3)23(29)27-18-11-20(31-5)19(30-4)10-17(18)22(28)33-13-16-12-32-21(26-16)14-6-8-15(25)9-7-14/h6-12H,13H2,1-5H3,(H,27,29). The van der Waals surface area contributed by atoms with Crippen LogP contribution in [-0.4, -0.2) is 31.1 Å². The molecule has 9 heteroatoms. The van der Waals surface area contributed by atoms with Crippen molar-refractivity contribution in [2.24, 2.45) is 5.41 Å². The van der Waals surface area contributed by atoms with Gasteiger partial charge in [0.05, 0.1) is 25.5 Å². The molecule has 0 atom stereocenters. The fourth-order valence-electron chi connectivity index (χ4n) is 2.78. The van der Waals surface area contributed by atoms with Gasteiger partial charge in [-0.3, -0.25) is 4.79 Å². The average molecular weight is 456 g/mol. The second-order valence-electron chi connectivity index (χ2n) is 8.18. The predicted molar refractivity (Wildman–Crippen MR) is 119 cm³/mol. The Bertz CT molecular complexity index is 1150. The number of nitrogens with zero attached hydrogens (tertiary/aromatic N) is 1. The number of ether oxygens (including phenoxy) is 3. The molecular formula is C24H25FN2O6. The van der Waals surface area contributed by atoms with Gasteiger partial charge in [-0.05, 0) is 24.3 Å². The van der Waals surface area contributed by atoms with E-state index in [4.69, 9.17) is 18.6 Å². The summed E-state index contributed by atoms with van der Waals surface area (Å²) >= 11 is 0. The summed E-state index contributed by atoms with van der Waals surface area (Å²) in [5, 5.41) is 2.75. The van der Waals surface area contributed by atoms with E-state index in [1.54, 1.807) is 20.8 Å². The summed E-state index contributed by atoms with van der Waals surface area (Å²) < 4.78 is 34.5. The van der Waals surface area contributed by atoms with Crippen LogP contribution < -0.4 is 14.8 Å². The molecule has 0 bridgehead atoms. The van der Waals surface area contributed by atoms with Gasteiger partial charge in [-0.2, -0.15) is 0 Å². The summed E-state index contributed by atoms with van der Waals surface area (Å²) in [5.74, 6) is -0.443. The summed E-state index contributed by atoms with van der Waals surface area (Å²) in [7, 11) is 2.89. The zero-order valence-corrected chi connectivity index (χ0v) is 19.0. The molecule has 33 heavy (non-hydrogen) atoms.